The number of hydrogen-bond donors (Lipinski definition) is 1. The van der Waals surface area contributed by atoms with Crippen molar-refractivity contribution in [2.24, 2.45) is 0 Å². The van der Waals surface area contributed by atoms with Crippen molar-refractivity contribution in [2.45, 2.75) is 4.90 Å². The van der Waals surface area contributed by atoms with E-state index in [1.807, 2.05) is 30.3 Å². The molecule has 180 valence electrons. The Kier molecular flexibility index (Phi) is 7.25. The summed E-state index contributed by atoms with van der Waals surface area (Å²) >= 11 is 12.8. The normalized spacial score (nSPS) is 11.4. The molecule has 0 aliphatic carbocycles. The fourth-order valence-corrected chi connectivity index (χ4v) is 5.09. The van der Waals surface area contributed by atoms with E-state index in [-0.39, 0.29) is 38.7 Å². The number of nitrogens with one attached hydrogen (secondary N) is 1. The van der Waals surface area contributed by atoms with Crippen molar-refractivity contribution >= 4 is 38.9 Å². The first kappa shape index (κ1) is 24.9. The Balaban J connectivity index is 1.98. The molecule has 4 aromatic rings. The maximum Gasteiger partial charge on any atom is 0.271 e. The molecule has 0 aliphatic rings. The number of hydrogen-bond acceptors (Lipinski definition) is 4. The molecule has 10 heteroatoms. The van der Waals surface area contributed by atoms with E-state index in [9.17, 15) is 17.6 Å². The average molecular weight is 532 g/mol. The van der Waals surface area contributed by atoms with Gasteiger partial charge < -0.3 is 5.32 Å². The molecule has 3 aromatic carbocycles. The summed E-state index contributed by atoms with van der Waals surface area (Å²) in [6.45, 7) is -0.928. The van der Waals surface area contributed by atoms with Gasteiger partial charge in [0.1, 0.15) is 18.2 Å². The van der Waals surface area contributed by atoms with Crippen LogP contribution in [0.3, 0.4) is 0 Å². The maximum atomic E-state index is 12.9. The van der Waals surface area contributed by atoms with Crippen LogP contribution in [0.5, 0.6) is 0 Å². The SMILES string of the molecule is CS(=O)(=O)c1cc(-c2ccccc2)ccc1-n1cc(C(=O)NCCF)nc1-c1c(Cl)cccc1Cl. The van der Waals surface area contributed by atoms with Crippen molar-refractivity contribution in [2.75, 3.05) is 19.5 Å². The van der Waals surface area contributed by atoms with Crippen LogP contribution in [-0.2, 0) is 9.84 Å². The lowest BCUT2D eigenvalue weighted by molar-refractivity contribution is 0.0946. The third-order valence-corrected chi connectivity index (χ3v) is 6.99. The molecule has 6 nitrogen and oxygen atoms in total. The highest BCUT2D eigenvalue weighted by molar-refractivity contribution is 7.90. The third-order valence-electron chi connectivity index (χ3n) is 5.23. The van der Waals surface area contributed by atoms with Crippen LogP contribution in [0.15, 0.2) is 77.8 Å². The molecule has 0 spiro atoms. The fourth-order valence-electron chi connectivity index (χ4n) is 3.63. The number of amides is 1. The Morgan fingerprint density at radius 1 is 1.00 bits per heavy atom. The van der Waals surface area contributed by atoms with E-state index in [0.29, 0.717) is 11.1 Å². The number of halogens is 3. The van der Waals surface area contributed by atoms with Crippen molar-refractivity contribution in [3.05, 3.63) is 88.7 Å². The number of sulfone groups is 1. The molecule has 1 amide bonds. The molecule has 1 aromatic heterocycles. The van der Waals surface area contributed by atoms with Gasteiger partial charge in [-0.05, 0) is 35.4 Å². The summed E-state index contributed by atoms with van der Waals surface area (Å²) in [6.07, 6.45) is 2.49. The van der Waals surface area contributed by atoms with Gasteiger partial charge in [0.05, 0.1) is 26.2 Å². The van der Waals surface area contributed by atoms with Gasteiger partial charge in [-0.1, -0.05) is 65.7 Å². The Morgan fingerprint density at radius 3 is 2.31 bits per heavy atom. The average Bonchev–Trinajstić information content (AvgIpc) is 3.27. The summed E-state index contributed by atoms with van der Waals surface area (Å²) in [6, 6.07) is 19.2. The first-order valence-electron chi connectivity index (χ1n) is 10.5. The second-order valence-corrected chi connectivity index (χ2v) is 10.5. The highest BCUT2D eigenvalue weighted by Crippen LogP contribution is 2.37. The highest BCUT2D eigenvalue weighted by Gasteiger charge is 2.24. The molecule has 4 rings (SSSR count). The monoisotopic (exact) mass is 531 g/mol. The molecular formula is C25H20Cl2FN3O3S. The molecule has 0 radical (unpaired) electrons. The molecule has 1 N–H and O–H groups in total. The molecule has 0 aliphatic heterocycles. The third kappa shape index (κ3) is 5.24. The minimum Gasteiger partial charge on any atom is -0.348 e. The smallest absolute Gasteiger partial charge is 0.271 e. The van der Waals surface area contributed by atoms with Gasteiger partial charge in [-0.15, -0.1) is 0 Å². The van der Waals surface area contributed by atoms with Crippen LogP contribution in [0, 0.1) is 0 Å². The number of aromatic nitrogens is 2. The van der Waals surface area contributed by atoms with Crippen molar-refractivity contribution in [3.63, 3.8) is 0 Å². The molecular weight excluding hydrogens is 512 g/mol. The zero-order chi connectivity index (χ0) is 25.2. The minimum atomic E-state index is -3.72. The summed E-state index contributed by atoms with van der Waals surface area (Å²) in [5.41, 5.74) is 2.08. The van der Waals surface area contributed by atoms with Crippen LogP contribution in [0.2, 0.25) is 10.0 Å². The number of carbonyl (C=O) groups is 1. The van der Waals surface area contributed by atoms with Crippen LogP contribution in [0.1, 0.15) is 10.5 Å². The van der Waals surface area contributed by atoms with Gasteiger partial charge in [0.15, 0.2) is 9.84 Å². The van der Waals surface area contributed by atoms with E-state index in [2.05, 4.69) is 10.3 Å². The lowest BCUT2D eigenvalue weighted by Crippen LogP contribution is -2.25. The summed E-state index contributed by atoms with van der Waals surface area (Å²) in [7, 11) is -3.72. The van der Waals surface area contributed by atoms with Crippen molar-refractivity contribution in [1.29, 1.82) is 0 Å². The lowest BCUT2D eigenvalue weighted by Gasteiger charge is -2.15. The lowest BCUT2D eigenvalue weighted by atomic mass is 10.1. The van der Waals surface area contributed by atoms with Crippen LogP contribution >= 0.6 is 23.2 Å². The van der Waals surface area contributed by atoms with E-state index in [1.54, 1.807) is 36.4 Å². The van der Waals surface area contributed by atoms with Gasteiger partial charge in [-0.2, -0.15) is 0 Å². The fraction of sp³-hybridized carbons (Fsp3) is 0.120. The number of imidazole rings is 1. The van der Waals surface area contributed by atoms with Crippen molar-refractivity contribution in [3.8, 4) is 28.2 Å². The zero-order valence-corrected chi connectivity index (χ0v) is 20.8. The number of alkyl halides is 1. The number of rotatable bonds is 7. The second-order valence-electron chi connectivity index (χ2n) is 7.68. The summed E-state index contributed by atoms with van der Waals surface area (Å²) in [5.74, 6) is -0.448. The maximum absolute atomic E-state index is 12.9. The van der Waals surface area contributed by atoms with Gasteiger partial charge in [0, 0.05) is 19.0 Å². The Morgan fingerprint density at radius 2 is 1.69 bits per heavy atom. The highest BCUT2D eigenvalue weighted by atomic mass is 35.5. The van der Waals surface area contributed by atoms with E-state index in [4.69, 9.17) is 23.2 Å². The minimum absolute atomic E-state index is 0.0244. The van der Waals surface area contributed by atoms with Crippen molar-refractivity contribution in [1.82, 2.24) is 14.9 Å². The molecule has 1 heterocycles. The van der Waals surface area contributed by atoms with Gasteiger partial charge in [0.25, 0.3) is 5.91 Å². The molecule has 0 fully saturated rings. The first-order valence-corrected chi connectivity index (χ1v) is 13.1. The Hall–Kier alpha value is -3.20. The molecule has 0 bridgehead atoms. The second kappa shape index (κ2) is 10.2. The quantitative estimate of drug-likeness (QED) is 0.335. The Bertz CT molecular complexity index is 1490. The van der Waals surface area contributed by atoms with E-state index in [1.165, 1.54) is 10.8 Å². The van der Waals surface area contributed by atoms with E-state index >= 15 is 0 Å². The molecule has 0 unspecified atom stereocenters. The van der Waals surface area contributed by atoms with Crippen LogP contribution in [0.4, 0.5) is 4.39 Å². The van der Waals surface area contributed by atoms with Crippen LogP contribution < -0.4 is 5.32 Å². The molecule has 0 saturated heterocycles. The van der Waals surface area contributed by atoms with Gasteiger partial charge in [-0.3, -0.25) is 9.36 Å². The predicted octanol–water partition coefficient (Wildman–Crippen LogP) is 5.62. The van der Waals surface area contributed by atoms with E-state index in [0.717, 1.165) is 11.8 Å². The van der Waals surface area contributed by atoms with Gasteiger partial charge in [0.2, 0.25) is 0 Å². The van der Waals surface area contributed by atoms with Gasteiger partial charge >= 0.3 is 0 Å². The zero-order valence-electron chi connectivity index (χ0n) is 18.5. The largest absolute Gasteiger partial charge is 0.348 e. The summed E-state index contributed by atoms with van der Waals surface area (Å²) < 4.78 is 39.8. The number of nitrogens with zero attached hydrogens (tertiary/aromatic N) is 2. The number of benzene rings is 3. The molecule has 0 atom stereocenters. The molecule has 35 heavy (non-hydrogen) atoms. The van der Waals surface area contributed by atoms with Gasteiger partial charge in [-0.25, -0.2) is 17.8 Å². The van der Waals surface area contributed by atoms with E-state index < -0.39 is 22.4 Å². The summed E-state index contributed by atoms with van der Waals surface area (Å²) in [5, 5.41) is 2.95. The standard InChI is InChI=1S/C25H20Cl2FN3O3S/c1-35(33,34)22-14-17(16-6-3-2-4-7-16)10-11-21(22)31-15-20(25(32)29-13-12-28)30-24(31)23-18(26)8-5-9-19(23)27/h2-11,14-15H,12-13H2,1H3,(H,29,32). The van der Waals surface area contributed by atoms with Crippen LogP contribution in [0.25, 0.3) is 28.2 Å². The first-order chi connectivity index (χ1) is 16.7. The molecule has 0 saturated carbocycles. The predicted molar refractivity (Wildman–Crippen MR) is 136 cm³/mol. The Labute approximate surface area is 212 Å². The topological polar surface area (TPSA) is 81.1 Å². The van der Waals surface area contributed by atoms with Crippen LogP contribution in [-0.4, -0.2) is 43.4 Å². The number of carbonyl (C=O) groups excluding carboxylic acids is 1. The summed E-state index contributed by atoms with van der Waals surface area (Å²) in [4.78, 5) is 17.0. The van der Waals surface area contributed by atoms with Crippen molar-refractivity contribution < 1.29 is 17.6 Å².